The summed E-state index contributed by atoms with van der Waals surface area (Å²) in [5.41, 5.74) is 2.86. The molecule has 0 atom stereocenters. The third-order valence-electron chi connectivity index (χ3n) is 4.35. The van der Waals surface area contributed by atoms with Crippen molar-refractivity contribution in [3.63, 3.8) is 0 Å². The molecule has 142 valence electrons. The van der Waals surface area contributed by atoms with Crippen LogP contribution in [0, 0.1) is 0 Å². The Morgan fingerprint density at radius 3 is 2.28 bits per heavy atom. The van der Waals surface area contributed by atoms with Crippen LogP contribution in [0.1, 0.15) is 20.7 Å². The van der Waals surface area contributed by atoms with Gasteiger partial charge < -0.3 is 10.6 Å². The maximum Gasteiger partial charge on any atom is 0.255 e. The lowest BCUT2D eigenvalue weighted by Crippen LogP contribution is -2.15. The number of hydrogen-bond donors (Lipinski definition) is 2. The Balaban J connectivity index is 1.53. The van der Waals surface area contributed by atoms with Crippen LogP contribution < -0.4 is 10.6 Å². The van der Waals surface area contributed by atoms with Crippen LogP contribution >= 0.6 is 15.9 Å². The first-order valence-electron chi connectivity index (χ1n) is 8.92. The zero-order valence-electron chi connectivity index (χ0n) is 15.2. The molecule has 0 aliphatic heterocycles. The third kappa shape index (κ3) is 4.33. The zero-order chi connectivity index (χ0) is 20.2. The Morgan fingerprint density at radius 2 is 1.45 bits per heavy atom. The van der Waals surface area contributed by atoms with Gasteiger partial charge in [-0.3, -0.25) is 14.6 Å². The molecular weight excluding hydrogens is 430 g/mol. The number of nitrogens with zero attached hydrogens (tertiary/aromatic N) is 1. The van der Waals surface area contributed by atoms with Crippen LogP contribution in [0.2, 0.25) is 0 Å². The van der Waals surface area contributed by atoms with Crippen molar-refractivity contribution in [2.75, 3.05) is 10.6 Å². The molecule has 0 fully saturated rings. The maximum atomic E-state index is 12.8. The van der Waals surface area contributed by atoms with Crippen LogP contribution in [0.25, 0.3) is 10.9 Å². The number of benzene rings is 3. The standard InChI is InChI=1S/C23H16BrN3O2/c24-18-9-1-6-16(13-18)22(28)26-19-10-2-7-17(14-19)23(29)27-20-11-3-5-15-8-4-12-25-21(15)20/h1-14H,(H,26,28)(H,27,29). The van der Waals surface area contributed by atoms with E-state index >= 15 is 0 Å². The molecule has 2 N–H and O–H groups in total. The molecule has 0 aliphatic carbocycles. The molecule has 0 saturated heterocycles. The van der Waals surface area contributed by atoms with E-state index in [1.165, 1.54) is 0 Å². The molecule has 0 radical (unpaired) electrons. The van der Waals surface area contributed by atoms with Gasteiger partial charge in [0.15, 0.2) is 0 Å². The van der Waals surface area contributed by atoms with Gasteiger partial charge in [-0.25, -0.2) is 0 Å². The molecule has 5 nitrogen and oxygen atoms in total. The van der Waals surface area contributed by atoms with Crippen LogP contribution in [-0.2, 0) is 0 Å². The topological polar surface area (TPSA) is 71.1 Å². The second-order valence-electron chi connectivity index (χ2n) is 6.38. The molecular formula is C23H16BrN3O2. The van der Waals surface area contributed by atoms with Crippen LogP contribution in [0.4, 0.5) is 11.4 Å². The van der Waals surface area contributed by atoms with Gasteiger partial charge in [-0.1, -0.05) is 46.3 Å². The number of fused-ring (bicyclic) bond motifs is 1. The second-order valence-corrected chi connectivity index (χ2v) is 7.30. The van der Waals surface area contributed by atoms with E-state index < -0.39 is 0 Å². The summed E-state index contributed by atoms with van der Waals surface area (Å²) < 4.78 is 0.821. The Hall–Kier alpha value is -3.51. The van der Waals surface area contributed by atoms with Crippen molar-refractivity contribution in [1.29, 1.82) is 0 Å². The minimum atomic E-state index is -0.276. The lowest BCUT2D eigenvalue weighted by Gasteiger charge is -2.10. The highest BCUT2D eigenvalue weighted by Gasteiger charge is 2.11. The smallest absolute Gasteiger partial charge is 0.255 e. The highest BCUT2D eigenvalue weighted by atomic mass is 79.9. The van der Waals surface area contributed by atoms with Gasteiger partial charge in [-0.15, -0.1) is 0 Å². The normalized spacial score (nSPS) is 10.5. The van der Waals surface area contributed by atoms with Crippen molar-refractivity contribution in [3.05, 3.63) is 101 Å². The lowest BCUT2D eigenvalue weighted by molar-refractivity contribution is 0.101. The van der Waals surface area contributed by atoms with Crippen LogP contribution in [0.5, 0.6) is 0 Å². The molecule has 0 saturated carbocycles. The number of halogens is 1. The van der Waals surface area contributed by atoms with Gasteiger partial charge in [0.05, 0.1) is 11.2 Å². The molecule has 6 heteroatoms. The van der Waals surface area contributed by atoms with E-state index in [1.807, 2.05) is 36.4 Å². The van der Waals surface area contributed by atoms with Crippen LogP contribution in [0.15, 0.2) is 89.5 Å². The number of anilines is 2. The minimum absolute atomic E-state index is 0.248. The summed E-state index contributed by atoms with van der Waals surface area (Å²) in [5.74, 6) is -0.524. The molecule has 1 aromatic heterocycles. The van der Waals surface area contributed by atoms with Crippen LogP contribution in [0.3, 0.4) is 0 Å². The first-order valence-corrected chi connectivity index (χ1v) is 9.71. The number of para-hydroxylation sites is 1. The van der Waals surface area contributed by atoms with E-state index in [0.717, 1.165) is 15.4 Å². The van der Waals surface area contributed by atoms with E-state index in [1.54, 1.807) is 48.7 Å². The predicted molar refractivity (Wildman–Crippen MR) is 118 cm³/mol. The lowest BCUT2D eigenvalue weighted by atomic mass is 10.1. The molecule has 29 heavy (non-hydrogen) atoms. The first-order chi connectivity index (χ1) is 14.1. The highest BCUT2D eigenvalue weighted by molar-refractivity contribution is 9.10. The van der Waals surface area contributed by atoms with Crippen molar-refractivity contribution < 1.29 is 9.59 Å². The summed E-state index contributed by atoms with van der Waals surface area (Å²) in [6.07, 6.45) is 1.69. The number of aromatic nitrogens is 1. The van der Waals surface area contributed by atoms with Crippen molar-refractivity contribution in [2.24, 2.45) is 0 Å². The fourth-order valence-corrected chi connectivity index (χ4v) is 3.37. The molecule has 4 rings (SSSR count). The Bertz CT molecular complexity index is 1220. The van der Waals surface area contributed by atoms with E-state index in [2.05, 4.69) is 31.5 Å². The molecule has 2 amide bonds. The molecule has 1 heterocycles. The summed E-state index contributed by atoms with van der Waals surface area (Å²) in [4.78, 5) is 29.5. The number of pyridine rings is 1. The second kappa shape index (κ2) is 8.24. The van der Waals surface area contributed by atoms with Gasteiger partial charge >= 0.3 is 0 Å². The SMILES string of the molecule is O=C(Nc1cccc(C(=O)Nc2cccc3cccnc23)c1)c1cccc(Br)c1. The summed E-state index contributed by atoms with van der Waals surface area (Å²) >= 11 is 3.36. The number of rotatable bonds is 4. The van der Waals surface area contributed by atoms with E-state index in [0.29, 0.717) is 22.5 Å². The Morgan fingerprint density at radius 1 is 0.759 bits per heavy atom. The Labute approximate surface area is 175 Å². The third-order valence-corrected chi connectivity index (χ3v) is 4.84. The van der Waals surface area contributed by atoms with Gasteiger partial charge in [0.1, 0.15) is 0 Å². The van der Waals surface area contributed by atoms with Gasteiger partial charge in [0, 0.05) is 32.9 Å². The summed E-state index contributed by atoms with van der Waals surface area (Å²) in [6, 6.07) is 23.3. The fourth-order valence-electron chi connectivity index (χ4n) is 2.97. The number of nitrogens with one attached hydrogen (secondary N) is 2. The van der Waals surface area contributed by atoms with Gasteiger partial charge in [-0.2, -0.15) is 0 Å². The minimum Gasteiger partial charge on any atom is -0.322 e. The maximum absolute atomic E-state index is 12.8. The summed E-state index contributed by atoms with van der Waals surface area (Å²) in [5, 5.41) is 6.67. The average molecular weight is 446 g/mol. The van der Waals surface area contributed by atoms with Crippen LogP contribution in [-0.4, -0.2) is 16.8 Å². The molecule has 3 aromatic carbocycles. The van der Waals surface area contributed by atoms with E-state index in [-0.39, 0.29) is 11.8 Å². The highest BCUT2D eigenvalue weighted by Crippen LogP contribution is 2.22. The average Bonchev–Trinajstić information content (AvgIpc) is 2.74. The molecule has 0 bridgehead atoms. The molecule has 0 unspecified atom stereocenters. The van der Waals surface area contributed by atoms with Crippen molar-refractivity contribution in [1.82, 2.24) is 4.98 Å². The quantitative estimate of drug-likeness (QED) is 0.435. The largest absolute Gasteiger partial charge is 0.322 e. The molecule has 4 aromatic rings. The first kappa shape index (κ1) is 18.8. The number of carbonyl (C=O) groups is 2. The van der Waals surface area contributed by atoms with Gasteiger partial charge in [0.2, 0.25) is 0 Å². The molecule has 0 spiro atoms. The van der Waals surface area contributed by atoms with Gasteiger partial charge in [0.25, 0.3) is 11.8 Å². The summed E-state index contributed by atoms with van der Waals surface area (Å²) in [6.45, 7) is 0. The number of amides is 2. The van der Waals surface area contributed by atoms with Crippen molar-refractivity contribution >= 4 is 50.0 Å². The number of carbonyl (C=O) groups excluding carboxylic acids is 2. The van der Waals surface area contributed by atoms with E-state index in [4.69, 9.17) is 0 Å². The predicted octanol–water partition coefficient (Wildman–Crippen LogP) is 5.50. The molecule has 0 aliphatic rings. The van der Waals surface area contributed by atoms with E-state index in [9.17, 15) is 9.59 Å². The monoisotopic (exact) mass is 445 g/mol. The van der Waals surface area contributed by atoms with Crippen molar-refractivity contribution in [3.8, 4) is 0 Å². The Kier molecular flexibility index (Phi) is 5.35. The fraction of sp³-hybridized carbons (Fsp3) is 0. The number of hydrogen-bond acceptors (Lipinski definition) is 3. The van der Waals surface area contributed by atoms with Crippen molar-refractivity contribution in [2.45, 2.75) is 0 Å². The summed E-state index contributed by atoms with van der Waals surface area (Å²) in [7, 11) is 0. The zero-order valence-corrected chi connectivity index (χ0v) is 16.8. The van der Waals surface area contributed by atoms with Gasteiger partial charge in [-0.05, 0) is 48.5 Å².